The van der Waals surface area contributed by atoms with Gasteiger partial charge in [0.15, 0.2) is 17.3 Å². The molecule has 3 heterocycles. The lowest BCUT2D eigenvalue weighted by Gasteiger charge is -2.33. The third kappa shape index (κ3) is 6.61. The highest BCUT2D eigenvalue weighted by molar-refractivity contribution is 6.15. The number of benzene rings is 2. The van der Waals surface area contributed by atoms with Crippen molar-refractivity contribution >= 4 is 11.9 Å². The highest BCUT2D eigenvalue weighted by Gasteiger charge is 2.33. The van der Waals surface area contributed by atoms with Crippen molar-refractivity contribution in [2.45, 2.75) is 26.5 Å². The van der Waals surface area contributed by atoms with E-state index in [1.54, 1.807) is 46.3 Å². The number of carbonyl (C=O) groups is 1. The minimum atomic E-state index is -0.167. The molecule has 1 N–H and O–H groups in total. The average molecular weight is 513 g/mol. The van der Waals surface area contributed by atoms with E-state index in [0.29, 0.717) is 36.1 Å². The minimum Gasteiger partial charge on any atom is -0.493 e. The summed E-state index contributed by atoms with van der Waals surface area (Å²) in [6, 6.07) is 9.14. The number of rotatable bonds is 6. The second-order valence-electron chi connectivity index (χ2n) is 9.35. The number of methoxy groups -OCH3 is 2. The van der Waals surface area contributed by atoms with Gasteiger partial charge in [-0.2, -0.15) is 0 Å². The molecule has 0 amide bonds. The number of hydrogen-bond acceptors (Lipinski definition) is 9. The van der Waals surface area contributed by atoms with E-state index in [0.717, 1.165) is 56.3 Å². The summed E-state index contributed by atoms with van der Waals surface area (Å²) in [7, 11) is 3.17. The first-order valence-corrected chi connectivity index (χ1v) is 12.5. The molecule has 1 saturated heterocycles. The van der Waals surface area contributed by atoms with Gasteiger partial charge in [-0.15, -0.1) is 0 Å². The van der Waals surface area contributed by atoms with Crippen molar-refractivity contribution in [3.8, 4) is 23.0 Å². The van der Waals surface area contributed by atoms with Crippen LogP contribution in [0.5, 0.6) is 23.0 Å². The Hall–Kier alpha value is -3.11. The first-order chi connectivity index (χ1) is 17.9. The van der Waals surface area contributed by atoms with Crippen molar-refractivity contribution in [2.24, 2.45) is 0 Å². The van der Waals surface area contributed by atoms with Gasteiger partial charge in [0.2, 0.25) is 5.78 Å². The first-order valence-electron chi connectivity index (χ1n) is 12.5. The van der Waals surface area contributed by atoms with Crippen LogP contribution in [0.2, 0.25) is 0 Å². The molecule has 3 aliphatic rings. The zero-order valence-electron chi connectivity index (χ0n) is 22.0. The third-order valence-electron chi connectivity index (χ3n) is 6.22. The van der Waals surface area contributed by atoms with Gasteiger partial charge in [-0.3, -0.25) is 14.6 Å². The number of aliphatic hydroxyl groups is 1. The lowest BCUT2D eigenvalue weighted by atomic mass is 10.0. The van der Waals surface area contributed by atoms with Crippen LogP contribution in [-0.2, 0) is 11.3 Å². The van der Waals surface area contributed by atoms with Crippen LogP contribution in [0.15, 0.2) is 36.1 Å². The van der Waals surface area contributed by atoms with Crippen molar-refractivity contribution in [2.75, 3.05) is 60.3 Å². The summed E-state index contributed by atoms with van der Waals surface area (Å²) in [4.78, 5) is 17.7. The lowest BCUT2D eigenvalue weighted by molar-refractivity contribution is 0.0239. The third-order valence-corrected chi connectivity index (χ3v) is 6.22. The van der Waals surface area contributed by atoms with Gasteiger partial charge in [0.1, 0.15) is 18.2 Å². The number of ether oxygens (including phenoxy) is 5. The van der Waals surface area contributed by atoms with Gasteiger partial charge in [-0.25, -0.2) is 0 Å². The molecule has 9 nitrogen and oxygen atoms in total. The molecule has 0 unspecified atom stereocenters. The molecule has 0 spiro atoms. The van der Waals surface area contributed by atoms with Crippen LogP contribution in [0.25, 0.3) is 6.08 Å². The number of hydrogen-bond donors (Lipinski definition) is 1. The molecule has 2 aromatic rings. The van der Waals surface area contributed by atoms with E-state index in [4.69, 9.17) is 28.8 Å². The van der Waals surface area contributed by atoms with Crippen LogP contribution >= 0.6 is 0 Å². The number of nitrogens with zero attached hydrogens (tertiary/aromatic N) is 2. The molecule has 2 aromatic carbocycles. The van der Waals surface area contributed by atoms with Crippen LogP contribution in [0.3, 0.4) is 0 Å². The van der Waals surface area contributed by atoms with Gasteiger partial charge < -0.3 is 28.8 Å². The summed E-state index contributed by atoms with van der Waals surface area (Å²) >= 11 is 0. The van der Waals surface area contributed by atoms with E-state index < -0.39 is 0 Å². The van der Waals surface area contributed by atoms with Crippen LogP contribution < -0.4 is 18.9 Å². The van der Waals surface area contributed by atoms with Gasteiger partial charge in [0, 0.05) is 38.8 Å². The number of aliphatic hydroxyl groups excluding tert-OH is 1. The molecular weight excluding hydrogens is 476 g/mol. The predicted molar refractivity (Wildman–Crippen MR) is 139 cm³/mol. The summed E-state index contributed by atoms with van der Waals surface area (Å²) in [6.07, 6.45) is 1.57. The van der Waals surface area contributed by atoms with Crippen LogP contribution in [-0.4, -0.2) is 87.1 Å². The molecule has 3 aliphatic heterocycles. The second-order valence-corrected chi connectivity index (χ2v) is 9.35. The van der Waals surface area contributed by atoms with E-state index in [9.17, 15) is 4.79 Å². The largest absolute Gasteiger partial charge is 0.493 e. The smallest absolute Gasteiger partial charge is 0.231 e. The quantitative estimate of drug-likeness (QED) is 0.586. The summed E-state index contributed by atoms with van der Waals surface area (Å²) in [6.45, 7) is 9.99. The van der Waals surface area contributed by atoms with E-state index >= 15 is 0 Å². The van der Waals surface area contributed by atoms with E-state index in [-0.39, 0.29) is 17.6 Å². The fraction of sp³-hybridized carbons (Fsp3) is 0.464. The molecule has 0 atom stereocenters. The number of Topliss-reactive ketones (excluding diaryl/α,β-unsaturated/α-hetero) is 1. The summed E-state index contributed by atoms with van der Waals surface area (Å²) < 4.78 is 28.2. The average Bonchev–Trinajstić information content (AvgIpc) is 3.22. The maximum atomic E-state index is 13.1. The number of fused-ring (bicyclic) bond motifs is 3. The van der Waals surface area contributed by atoms with Crippen molar-refractivity contribution in [3.05, 3.63) is 52.8 Å². The number of carbonyl (C=O) groups excluding carboxylic acids is 1. The second kappa shape index (κ2) is 12.4. The van der Waals surface area contributed by atoms with Crippen LogP contribution in [0.1, 0.15) is 35.3 Å². The van der Waals surface area contributed by atoms with Gasteiger partial charge >= 0.3 is 0 Å². The van der Waals surface area contributed by atoms with Crippen LogP contribution in [0.4, 0.5) is 0 Å². The normalized spacial score (nSPS) is 18.4. The molecule has 9 heteroatoms. The Labute approximate surface area is 218 Å². The maximum absolute atomic E-state index is 13.1. The number of morpholine rings is 1. The summed E-state index contributed by atoms with van der Waals surface area (Å²) in [5.41, 5.74) is 2.28. The fourth-order valence-corrected chi connectivity index (χ4v) is 4.35. The number of ketones is 1. The lowest BCUT2D eigenvalue weighted by Crippen LogP contribution is -2.43. The maximum Gasteiger partial charge on any atom is 0.231 e. The predicted octanol–water partition coefficient (Wildman–Crippen LogP) is 3.19. The highest BCUT2D eigenvalue weighted by atomic mass is 16.5. The van der Waals surface area contributed by atoms with Crippen molar-refractivity contribution in [1.29, 1.82) is 0 Å². The molecule has 1 fully saturated rings. The highest BCUT2D eigenvalue weighted by Crippen LogP contribution is 2.42. The Morgan fingerprint density at radius 2 is 1.73 bits per heavy atom. The molecule has 37 heavy (non-hydrogen) atoms. The Morgan fingerprint density at radius 1 is 1.03 bits per heavy atom. The Kier molecular flexibility index (Phi) is 9.04. The monoisotopic (exact) mass is 512 g/mol. The topological polar surface area (TPSA) is 89.9 Å². The minimum absolute atomic E-state index is 0.131. The van der Waals surface area contributed by atoms with Gasteiger partial charge in [0.25, 0.3) is 0 Å². The fourth-order valence-electron chi connectivity index (χ4n) is 4.35. The standard InChI is InChI=1S/C25H28N2O6.C3H8O/c1-29-21-5-3-17(13-22(21)30-2)14-23-24(28)18-4-6-20-19(25(18)33-23)15-27(16-32-20)8-7-26-9-11-31-12-10-26;1-3(2)4/h3-6,13-14H,7-12,15-16H2,1-2H3;3-4H,1-2H3/b23-14-;. The first kappa shape index (κ1) is 26.9. The van der Waals surface area contributed by atoms with Crippen molar-refractivity contribution < 1.29 is 33.6 Å². The molecule has 200 valence electrons. The molecule has 5 rings (SSSR count). The summed E-state index contributed by atoms with van der Waals surface area (Å²) in [5, 5.41) is 8.06. The number of allylic oxidation sites excluding steroid dienone is 1. The molecule has 0 radical (unpaired) electrons. The molecule has 0 aromatic heterocycles. The van der Waals surface area contributed by atoms with Gasteiger partial charge in [-0.05, 0) is 49.8 Å². The molecule has 0 saturated carbocycles. The molecule has 0 aliphatic carbocycles. The zero-order chi connectivity index (χ0) is 26.4. The van der Waals surface area contributed by atoms with E-state index in [1.807, 2.05) is 18.2 Å². The Bertz CT molecular complexity index is 1120. The van der Waals surface area contributed by atoms with E-state index in [2.05, 4.69) is 9.80 Å². The molecular formula is C28H36N2O7. The van der Waals surface area contributed by atoms with Crippen molar-refractivity contribution in [1.82, 2.24) is 9.80 Å². The SMILES string of the molecule is CC(C)O.COc1ccc(/C=C2\Oc3c(ccc4c3CN(CCN3CCOCC3)CO4)C2=O)cc1OC. The zero-order valence-corrected chi connectivity index (χ0v) is 22.0. The Balaban J connectivity index is 0.000000747. The van der Waals surface area contributed by atoms with Gasteiger partial charge in [-0.1, -0.05) is 6.07 Å². The summed E-state index contributed by atoms with van der Waals surface area (Å²) in [5.74, 6) is 2.75. The van der Waals surface area contributed by atoms with Gasteiger partial charge in [0.05, 0.1) is 38.6 Å². The Morgan fingerprint density at radius 3 is 2.43 bits per heavy atom. The molecule has 0 bridgehead atoms. The van der Waals surface area contributed by atoms with E-state index in [1.165, 1.54) is 0 Å². The van der Waals surface area contributed by atoms with Crippen molar-refractivity contribution in [3.63, 3.8) is 0 Å². The van der Waals surface area contributed by atoms with Crippen LogP contribution in [0, 0.1) is 0 Å².